The zero-order chi connectivity index (χ0) is 15.6. The van der Waals surface area contributed by atoms with Gasteiger partial charge in [0.2, 0.25) is 0 Å². The molecule has 0 aliphatic carbocycles. The number of rotatable bonds is 3. The molecule has 0 amide bonds. The normalized spacial score (nSPS) is 11.5. The van der Waals surface area contributed by atoms with Crippen LogP contribution in [0.4, 0.5) is 0 Å². The van der Waals surface area contributed by atoms with Gasteiger partial charge in [-0.2, -0.15) is 0 Å². The van der Waals surface area contributed by atoms with Gasteiger partial charge >= 0.3 is 0 Å². The maximum absolute atomic E-state index is 5.92. The predicted octanol–water partition coefficient (Wildman–Crippen LogP) is 6.24. The van der Waals surface area contributed by atoms with Crippen molar-refractivity contribution in [3.63, 3.8) is 0 Å². The van der Waals surface area contributed by atoms with E-state index in [4.69, 9.17) is 11.6 Å². The van der Waals surface area contributed by atoms with Crippen LogP contribution in [0.15, 0.2) is 53.9 Å². The van der Waals surface area contributed by atoms with Crippen molar-refractivity contribution in [3.05, 3.63) is 69.6 Å². The Morgan fingerprint density at radius 3 is 2.57 bits per heavy atom. The molecule has 5 heteroatoms. The third-order valence-corrected chi connectivity index (χ3v) is 5.48. The highest BCUT2D eigenvalue weighted by Crippen LogP contribution is 2.27. The summed E-state index contributed by atoms with van der Waals surface area (Å²) < 4.78 is 1.20. The van der Waals surface area contributed by atoms with Gasteiger partial charge in [-0.25, -0.2) is 9.97 Å². The molecule has 0 spiro atoms. The fourth-order valence-electron chi connectivity index (χ4n) is 2.21. The molecule has 2 nitrogen and oxygen atoms in total. The average Bonchev–Trinajstić information content (AvgIpc) is 3.20. The summed E-state index contributed by atoms with van der Waals surface area (Å²) in [6.07, 6.45) is 4.03. The van der Waals surface area contributed by atoms with E-state index >= 15 is 0 Å². The summed E-state index contributed by atoms with van der Waals surface area (Å²) in [6.45, 7) is 0. The van der Waals surface area contributed by atoms with E-state index in [0.717, 1.165) is 31.8 Å². The fraction of sp³-hybridized carbons (Fsp3) is 0. The lowest BCUT2D eigenvalue weighted by molar-refractivity contribution is 1.38. The lowest BCUT2D eigenvalue weighted by atomic mass is 10.2. The van der Waals surface area contributed by atoms with Gasteiger partial charge in [-0.15, -0.1) is 22.7 Å². The quantitative estimate of drug-likeness (QED) is 0.435. The van der Waals surface area contributed by atoms with Gasteiger partial charge in [-0.05, 0) is 36.4 Å². The number of hydrogen-bond acceptors (Lipinski definition) is 4. The SMILES string of the molecule is Clc1ccc(-c2nc(/C=C/c3nc4ccccc4s3)cs2)cc1. The van der Waals surface area contributed by atoms with E-state index in [-0.39, 0.29) is 0 Å². The summed E-state index contributed by atoms with van der Waals surface area (Å²) >= 11 is 9.23. The monoisotopic (exact) mass is 354 g/mol. The summed E-state index contributed by atoms with van der Waals surface area (Å²) in [5.41, 5.74) is 3.07. The summed E-state index contributed by atoms with van der Waals surface area (Å²) in [7, 11) is 0. The third-order valence-electron chi connectivity index (χ3n) is 3.32. The van der Waals surface area contributed by atoms with Crippen LogP contribution in [0.25, 0.3) is 32.9 Å². The minimum Gasteiger partial charge on any atom is -0.237 e. The first-order chi connectivity index (χ1) is 11.3. The average molecular weight is 355 g/mol. The maximum Gasteiger partial charge on any atom is 0.124 e. The Hall–Kier alpha value is -2.01. The molecule has 0 saturated heterocycles. The molecule has 0 radical (unpaired) electrons. The summed E-state index contributed by atoms with van der Waals surface area (Å²) in [5.74, 6) is 0. The van der Waals surface area contributed by atoms with Crippen LogP contribution in [0.3, 0.4) is 0 Å². The molecule has 112 valence electrons. The highest BCUT2D eigenvalue weighted by molar-refractivity contribution is 7.19. The smallest absolute Gasteiger partial charge is 0.124 e. The Balaban J connectivity index is 1.58. The number of hydrogen-bond donors (Lipinski definition) is 0. The molecular weight excluding hydrogens is 344 g/mol. The Kier molecular flexibility index (Phi) is 3.95. The standard InChI is InChI=1S/C18H11ClN2S2/c19-13-7-5-12(6-8-13)18-20-14(11-22-18)9-10-17-21-15-3-1-2-4-16(15)23-17/h1-11H/b10-9+. The second kappa shape index (κ2) is 6.24. The van der Waals surface area contributed by atoms with Crippen molar-refractivity contribution in [3.8, 4) is 10.6 Å². The molecule has 23 heavy (non-hydrogen) atoms. The van der Waals surface area contributed by atoms with E-state index < -0.39 is 0 Å². The van der Waals surface area contributed by atoms with Crippen LogP contribution in [-0.4, -0.2) is 9.97 Å². The molecule has 0 aliphatic rings. The van der Waals surface area contributed by atoms with E-state index in [1.807, 2.05) is 60.0 Å². The van der Waals surface area contributed by atoms with Gasteiger partial charge in [-0.3, -0.25) is 0 Å². The topological polar surface area (TPSA) is 25.8 Å². The molecule has 2 heterocycles. The van der Waals surface area contributed by atoms with Gasteiger partial charge in [0, 0.05) is 16.0 Å². The van der Waals surface area contributed by atoms with Crippen LogP contribution in [-0.2, 0) is 0 Å². The lowest BCUT2D eigenvalue weighted by Crippen LogP contribution is -1.77. The molecular formula is C18H11ClN2S2. The van der Waals surface area contributed by atoms with Crippen molar-refractivity contribution >= 4 is 56.6 Å². The second-order valence-corrected chi connectivity index (χ2v) is 7.29. The number of nitrogens with zero attached hydrogens (tertiary/aromatic N) is 2. The van der Waals surface area contributed by atoms with Gasteiger partial charge in [0.15, 0.2) is 0 Å². The zero-order valence-corrected chi connectivity index (χ0v) is 14.3. The second-order valence-electron chi connectivity index (χ2n) is 4.94. The fourth-order valence-corrected chi connectivity index (χ4v) is 4.00. The third kappa shape index (κ3) is 3.20. The number of thiazole rings is 2. The van der Waals surface area contributed by atoms with Gasteiger partial charge < -0.3 is 0 Å². The minimum absolute atomic E-state index is 0.737. The van der Waals surface area contributed by atoms with Crippen molar-refractivity contribution in [2.75, 3.05) is 0 Å². The molecule has 0 N–H and O–H groups in total. The molecule has 0 unspecified atom stereocenters. The van der Waals surface area contributed by atoms with Crippen LogP contribution in [0.2, 0.25) is 5.02 Å². The number of aromatic nitrogens is 2. The predicted molar refractivity (Wildman–Crippen MR) is 101 cm³/mol. The first-order valence-corrected chi connectivity index (χ1v) is 9.10. The number of para-hydroxylation sites is 1. The number of benzene rings is 2. The minimum atomic E-state index is 0.737. The van der Waals surface area contributed by atoms with E-state index in [9.17, 15) is 0 Å². The van der Waals surface area contributed by atoms with Gasteiger partial charge in [-0.1, -0.05) is 35.9 Å². The molecule has 2 aromatic heterocycles. The zero-order valence-electron chi connectivity index (χ0n) is 11.9. The Morgan fingerprint density at radius 2 is 1.74 bits per heavy atom. The van der Waals surface area contributed by atoms with E-state index in [0.29, 0.717) is 0 Å². The van der Waals surface area contributed by atoms with Crippen molar-refractivity contribution in [2.45, 2.75) is 0 Å². The van der Waals surface area contributed by atoms with Crippen LogP contribution in [0.1, 0.15) is 10.7 Å². The Labute approximate surface area is 146 Å². The molecule has 0 saturated carbocycles. The molecule has 4 aromatic rings. The molecule has 0 bridgehead atoms. The first kappa shape index (κ1) is 14.6. The van der Waals surface area contributed by atoms with Crippen LogP contribution in [0.5, 0.6) is 0 Å². The highest BCUT2D eigenvalue weighted by Gasteiger charge is 2.04. The molecule has 0 aliphatic heterocycles. The summed E-state index contributed by atoms with van der Waals surface area (Å²) in [6, 6.07) is 15.9. The highest BCUT2D eigenvalue weighted by atomic mass is 35.5. The Bertz CT molecular complexity index is 951. The van der Waals surface area contributed by atoms with Gasteiger partial charge in [0.05, 0.1) is 15.9 Å². The summed E-state index contributed by atoms with van der Waals surface area (Å²) in [4.78, 5) is 9.24. The molecule has 2 aromatic carbocycles. The van der Waals surface area contributed by atoms with Crippen molar-refractivity contribution in [1.29, 1.82) is 0 Å². The van der Waals surface area contributed by atoms with Crippen LogP contribution < -0.4 is 0 Å². The van der Waals surface area contributed by atoms with Gasteiger partial charge in [0.25, 0.3) is 0 Å². The largest absolute Gasteiger partial charge is 0.237 e. The molecule has 0 atom stereocenters. The van der Waals surface area contributed by atoms with Crippen molar-refractivity contribution < 1.29 is 0 Å². The first-order valence-electron chi connectivity index (χ1n) is 7.03. The Morgan fingerprint density at radius 1 is 0.913 bits per heavy atom. The number of fused-ring (bicyclic) bond motifs is 1. The lowest BCUT2D eigenvalue weighted by Gasteiger charge is -1.95. The van der Waals surface area contributed by atoms with Crippen LogP contribution >= 0.6 is 34.3 Å². The van der Waals surface area contributed by atoms with E-state index in [1.54, 1.807) is 22.7 Å². The number of halogens is 1. The molecule has 0 fully saturated rings. The molecule has 4 rings (SSSR count). The van der Waals surface area contributed by atoms with Gasteiger partial charge in [0.1, 0.15) is 10.0 Å². The summed E-state index contributed by atoms with van der Waals surface area (Å²) in [5, 5.41) is 4.77. The maximum atomic E-state index is 5.92. The van der Waals surface area contributed by atoms with Crippen LogP contribution in [0, 0.1) is 0 Å². The van der Waals surface area contributed by atoms with E-state index in [2.05, 4.69) is 16.0 Å². The van der Waals surface area contributed by atoms with E-state index in [1.165, 1.54) is 4.70 Å². The van der Waals surface area contributed by atoms with Crippen molar-refractivity contribution in [1.82, 2.24) is 9.97 Å². The van der Waals surface area contributed by atoms with Crippen molar-refractivity contribution in [2.24, 2.45) is 0 Å².